The second-order valence-corrected chi connectivity index (χ2v) is 4.30. The van der Waals surface area contributed by atoms with Gasteiger partial charge in [-0.3, -0.25) is 9.78 Å². The summed E-state index contributed by atoms with van der Waals surface area (Å²) in [5.41, 5.74) is 13.4. The second kappa shape index (κ2) is 5.45. The Morgan fingerprint density at radius 3 is 2.74 bits per heavy atom. The maximum Gasteiger partial charge on any atom is 0.248 e. The van der Waals surface area contributed by atoms with E-state index in [1.807, 2.05) is 6.07 Å². The lowest BCUT2D eigenvalue weighted by Gasteiger charge is -2.10. The smallest absolute Gasteiger partial charge is 0.248 e. The van der Waals surface area contributed by atoms with Gasteiger partial charge in [0.15, 0.2) is 0 Å². The largest absolute Gasteiger partial charge is 0.389 e. The number of nitrogens with two attached hydrogens (primary N) is 2. The zero-order valence-electron chi connectivity index (χ0n) is 9.96. The Labute approximate surface area is 115 Å². The molecular formula is C13H12N4OS. The van der Waals surface area contributed by atoms with Gasteiger partial charge in [-0.1, -0.05) is 18.3 Å². The molecule has 0 aliphatic carbocycles. The lowest BCUT2D eigenvalue weighted by Crippen LogP contribution is -2.13. The highest BCUT2D eigenvalue weighted by Crippen LogP contribution is 2.20. The van der Waals surface area contributed by atoms with Crippen LogP contribution >= 0.6 is 12.2 Å². The molecule has 6 heteroatoms. The van der Waals surface area contributed by atoms with Crippen LogP contribution in [-0.4, -0.2) is 15.9 Å². The summed E-state index contributed by atoms with van der Waals surface area (Å²) >= 11 is 4.97. The number of pyridine rings is 1. The Kier molecular flexibility index (Phi) is 3.72. The number of aromatic nitrogens is 1. The second-order valence-electron chi connectivity index (χ2n) is 3.86. The predicted octanol–water partition coefficient (Wildman–Crippen LogP) is 1.56. The molecule has 5 nitrogen and oxygen atoms in total. The minimum absolute atomic E-state index is 0.274. The number of nitrogens with one attached hydrogen (secondary N) is 1. The SMILES string of the molecule is NC(=O)c1cccc(Nc2cnccc2C(N)=S)c1. The maximum atomic E-state index is 11.1. The van der Waals surface area contributed by atoms with Crippen molar-refractivity contribution in [3.63, 3.8) is 0 Å². The molecule has 1 aromatic carbocycles. The summed E-state index contributed by atoms with van der Waals surface area (Å²) in [5, 5.41) is 3.11. The zero-order chi connectivity index (χ0) is 13.8. The molecular weight excluding hydrogens is 260 g/mol. The summed E-state index contributed by atoms with van der Waals surface area (Å²) in [5.74, 6) is -0.482. The lowest BCUT2D eigenvalue weighted by molar-refractivity contribution is 0.100. The van der Waals surface area contributed by atoms with Crippen molar-refractivity contribution in [1.82, 2.24) is 4.98 Å². The van der Waals surface area contributed by atoms with Gasteiger partial charge in [-0.15, -0.1) is 0 Å². The van der Waals surface area contributed by atoms with E-state index < -0.39 is 5.91 Å². The van der Waals surface area contributed by atoms with E-state index in [1.54, 1.807) is 36.7 Å². The van der Waals surface area contributed by atoms with Crippen LogP contribution in [-0.2, 0) is 0 Å². The monoisotopic (exact) mass is 272 g/mol. The first-order chi connectivity index (χ1) is 9.08. The molecule has 0 aliphatic heterocycles. The molecule has 2 rings (SSSR count). The Bertz CT molecular complexity index is 642. The number of hydrogen-bond acceptors (Lipinski definition) is 4. The van der Waals surface area contributed by atoms with E-state index in [0.717, 1.165) is 0 Å². The summed E-state index contributed by atoms with van der Waals surface area (Å²) < 4.78 is 0. The number of anilines is 2. The molecule has 19 heavy (non-hydrogen) atoms. The molecule has 0 bridgehead atoms. The first kappa shape index (κ1) is 13.0. The van der Waals surface area contributed by atoms with E-state index in [2.05, 4.69) is 10.3 Å². The van der Waals surface area contributed by atoms with Gasteiger partial charge in [-0.05, 0) is 24.3 Å². The average molecular weight is 272 g/mol. The van der Waals surface area contributed by atoms with Crippen molar-refractivity contribution in [2.45, 2.75) is 0 Å². The molecule has 5 N–H and O–H groups in total. The molecule has 1 heterocycles. The Hall–Kier alpha value is -2.47. The molecule has 0 unspecified atom stereocenters. The van der Waals surface area contributed by atoms with E-state index >= 15 is 0 Å². The van der Waals surface area contributed by atoms with Gasteiger partial charge in [0.2, 0.25) is 5.91 Å². The van der Waals surface area contributed by atoms with Crippen LogP contribution < -0.4 is 16.8 Å². The Morgan fingerprint density at radius 2 is 2.05 bits per heavy atom. The molecule has 0 saturated heterocycles. The van der Waals surface area contributed by atoms with Gasteiger partial charge >= 0.3 is 0 Å². The van der Waals surface area contributed by atoms with Crippen LogP contribution in [0.1, 0.15) is 15.9 Å². The first-order valence-corrected chi connectivity index (χ1v) is 5.89. The van der Waals surface area contributed by atoms with E-state index in [0.29, 0.717) is 22.5 Å². The molecule has 96 valence electrons. The number of thiocarbonyl (C=S) groups is 1. The Balaban J connectivity index is 2.34. The minimum atomic E-state index is -0.482. The van der Waals surface area contributed by atoms with Gasteiger partial charge in [-0.25, -0.2) is 0 Å². The third-order valence-corrected chi connectivity index (χ3v) is 2.73. The van der Waals surface area contributed by atoms with Gasteiger partial charge in [0.25, 0.3) is 0 Å². The van der Waals surface area contributed by atoms with Crippen molar-refractivity contribution in [3.05, 3.63) is 53.9 Å². The molecule has 0 radical (unpaired) electrons. The number of benzene rings is 1. The summed E-state index contributed by atoms with van der Waals surface area (Å²) in [7, 11) is 0. The zero-order valence-corrected chi connectivity index (χ0v) is 10.8. The van der Waals surface area contributed by atoms with Gasteiger partial charge in [-0.2, -0.15) is 0 Å². The summed E-state index contributed by atoms with van der Waals surface area (Å²) in [6, 6.07) is 8.56. The molecule has 1 aromatic heterocycles. The average Bonchev–Trinajstić information content (AvgIpc) is 2.39. The highest BCUT2D eigenvalue weighted by molar-refractivity contribution is 7.80. The van der Waals surface area contributed by atoms with Gasteiger partial charge < -0.3 is 16.8 Å². The number of carbonyl (C=O) groups excluding carboxylic acids is 1. The normalized spacial score (nSPS) is 9.89. The summed E-state index contributed by atoms with van der Waals surface area (Å²) in [6.45, 7) is 0. The Morgan fingerprint density at radius 1 is 1.26 bits per heavy atom. The van der Waals surface area contributed by atoms with Gasteiger partial charge in [0.1, 0.15) is 4.99 Å². The molecule has 0 fully saturated rings. The fraction of sp³-hybridized carbons (Fsp3) is 0. The van der Waals surface area contributed by atoms with Crippen LogP contribution in [0.25, 0.3) is 0 Å². The van der Waals surface area contributed by atoms with Crippen LogP contribution in [0.2, 0.25) is 0 Å². The highest BCUT2D eigenvalue weighted by atomic mass is 32.1. The fourth-order valence-corrected chi connectivity index (χ4v) is 1.79. The van der Waals surface area contributed by atoms with Gasteiger partial charge in [0, 0.05) is 23.0 Å². The van der Waals surface area contributed by atoms with Crippen LogP contribution in [0.3, 0.4) is 0 Å². The van der Waals surface area contributed by atoms with Crippen LogP contribution in [0.15, 0.2) is 42.7 Å². The molecule has 0 spiro atoms. The number of rotatable bonds is 4. The van der Waals surface area contributed by atoms with Gasteiger partial charge in [0.05, 0.1) is 11.9 Å². The lowest BCUT2D eigenvalue weighted by atomic mass is 10.1. The van der Waals surface area contributed by atoms with Crippen LogP contribution in [0.4, 0.5) is 11.4 Å². The summed E-state index contributed by atoms with van der Waals surface area (Å²) in [4.78, 5) is 15.4. The van der Waals surface area contributed by atoms with Crippen molar-refractivity contribution < 1.29 is 4.79 Å². The van der Waals surface area contributed by atoms with Crippen molar-refractivity contribution in [2.75, 3.05) is 5.32 Å². The van der Waals surface area contributed by atoms with Crippen molar-refractivity contribution in [3.8, 4) is 0 Å². The predicted molar refractivity (Wildman–Crippen MR) is 78.4 cm³/mol. The number of nitrogens with zero attached hydrogens (tertiary/aromatic N) is 1. The third kappa shape index (κ3) is 3.05. The van der Waals surface area contributed by atoms with E-state index in [1.165, 1.54) is 0 Å². The minimum Gasteiger partial charge on any atom is -0.389 e. The quantitative estimate of drug-likeness (QED) is 0.734. The van der Waals surface area contributed by atoms with Crippen molar-refractivity contribution in [1.29, 1.82) is 0 Å². The standard InChI is InChI=1S/C13H12N4OS/c14-12(18)8-2-1-3-9(6-8)17-11-7-16-5-4-10(11)13(15)19/h1-7,17H,(H2,14,18)(H2,15,19). The molecule has 0 atom stereocenters. The molecule has 0 saturated carbocycles. The topological polar surface area (TPSA) is 94.0 Å². The number of amides is 1. The van der Waals surface area contributed by atoms with E-state index in [4.69, 9.17) is 23.7 Å². The highest BCUT2D eigenvalue weighted by Gasteiger charge is 2.06. The molecule has 1 amide bonds. The third-order valence-electron chi connectivity index (χ3n) is 2.51. The van der Waals surface area contributed by atoms with Crippen LogP contribution in [0, 0.1) is 0 Å². The van der Waals surface area contributed by atoms with Crippen LogP contribution in [0.5, 0.6) is 0 Å². The van der Waals surface area contributed by atoms with Crippen molar-refractivity contribution >= 4 is 34.5 Å². The molecule has 0 aliphatic rings. The molecule has 2 aromatic rings. The van der Waals surface area contributed by atoms with E-state index in [-0.39, 0.29) is 4.99 Å². The van der Waals surface area contributed by atoms with Crippen molar-refractivity contribution in [2.24, 2.45) is 11.5 Å². The number of carbonyl (C=O) groups is 1. The van der Waals surface area contributed by atoms with E-state index in [9.17, 15) is 4.79 Å². The fourth-order valence-electron chi connectivity index (χ4n) is 1.61. The number of primary amides is 1. The maximum absolute atomic E-state index is 11.1. The number of hydrogen-bond donors (Lipinski definition) is 3. The first-order valence-electron chi connectivity index (χ1n) is 5.48. The summed E-state index contributed by atoms with van der Waals surface area (Å²) in [6.07, 6.45) is 3.23.